The number of benzene rings is 2. The van der Waals surface area contributed by atoms with E-state index in [1.165, 1.54) is 18.2 Å². The third-order valence-corrected chi connectivity index (χ3v) is 3.82. The van der Waals surface area contributed by atoms with Gasteiger partial charge in [-0.25, -0.2) is 13.2 Å². The van der Waals surface area contributed by atoms with Gasteiger partial charge in [0, 0.05) is 17.7 Å². The topological polar surface area (TPSA) is 41.1 Å². The second-order valence-electron chi connectivity index (χ2n) is 5.39. The van der Waals surface area contributed by atoms with Gasteiger partial charge in [0.15, 0.2) is 0 Å². The number of anilines is 1. The minimum Gasteiger partial charge on any atom is -0.323 e. The van der Waals surface area contributed by atoms with E-state index in [0.717, 1.165) is 18.2 Å². The van der Waals surface area contributed by atoms with Crippen molar-refractivity contribution in [1.82, 2.24) is 5.32 Å². The molecule has 1 amide bonds. The highest BCUT2D eigenvalue weighted by atomic mass is 35.5. The predicted octanol–water partition coefficient (Wildman–Crippen LogP) is 4.44. The molecule has 0 saturated carbocycles. The molecule has 2 atom stereocenters. The third kappa shape index (κ3) is 4.49. The Morgan fingerprint density at radius 2 is 1.67 bits per heavy atom. The molecule has 0 saturated heterocycles. The van der Waals surface area contributed by atoms with E-state index in [-0.39, 0.29) is 16.3 Å². The summed E-state index contributed by atoms with van der Waals surface area (Å²) in [6.45, 7) is 3.25. The summed E-state index contributed by atoms with van der Waals surface area (Å²) < 4.78 is 39.7. The molecule has 2 rings (SSSR count). The SMILES string of the molecule is C[C@H](N[C@H](C)C(=O)Nc1ccc(F)cc1Cl)c1ccc(F)cc1F. The Hall–Kier alpha value is -2.05. The van der Waals surface area contributed by atoms with Crippen molar-refractivity contribution >= 4 is 23.2 Å². The minimum absolute atomic E-state index is 0.0770. The van der Waals surface area contributed by atoms with E-state index < -0.39 is 35.4 Å². The van der Waals surface area contributed by atoms with Gasteiger partial charge in [-0.15, -0.1) is 0 Å². The summed E-state index contributed by atoms with van der Waals surface area (Å²) in [7, 11) is 0. The molecule has 0 bridgehead atoms. The lowest BCUT2D eigenvalue weighted by Gasteiger charge is -2.20. The van der Waals surface area contributed by atoms with Crippen LogP contribution in [0.5, 0.6) is 0 Å². The van der Waals surface area contributed by atoms with Crippen LogP contribution >= 0.6 is 11.6 Å². The summed E-state index contributed by atoms with van der Waals surface area (Å²) in [5, 5.41) is 5.56. The number of halogens is 4. The van der Waals surface area contributed by atoms with E-state index in [9.17, 15) is 18.0 Å². The minimum atomic E-state index is -0.691. The van der Waals surface area contributed by atoms with Crippen molar-refractivity contribution in [2.24, 2.45) is 0 Å². The average molecular weight is 357 g/mol. The molecule has 7 heteroatoms. The molecule has 0 unspecified atom stereocenters. The number of carbonyl (C=O) groups excluding carboxylic acids is 1. The van der Waals surface area contributed by atoms with Crippen LogP contribution in [0.3, 0.4) is 0 Å². The lowest BCUT2D eigenvalue weighted by atomic mass is 10.1. The number of hydrogen-bond donors (Lipinski definition) is 2. The first kappa shape index (κ1) is 18.3. The van der Waals surface area contributed by atoms with Crippen molar-refractivity contribution in [3.63, 3.8) is 0 Å². The van der Waals surface area contributed by atoms with Crippen LogP contribution in [0.15, 0.2) is 36.4 Å². The van der Waals surface area contributed by atoms with Crippen LogP contribution < -0.4 is 10.6 Å². The smallest absolute Gasteiger partial charge is 0.241 e. The van der Waals surface area contributed by atoms with Crippen LogP contribution in [0.4, 0.5) is 18.9 Å². The van der Waals surface area contributed by atoms with Crippen molar-refractivity contribution in [2.75, 3.05) is 5.32 Å². The molecular formula is C17H16ClF3N2O. The molecular weight excluding hydrogens is 341 g/mol. The lowest BCUT2D eigenvalue weighted by molar-refractivity contribution is -0.117. The maximum atomic E-state index is 13.8. The van der Waals surface area contributed by atoms with Crippen molar-refractivity contribution < 1.29 is 18.0 Å². The fourth-order valence-corrected chi connectivity index (χ4v) is 2.44. The molecule has 0 radical (unpaired) electrons. The van der Waals surface area contributed by atoms with Gasteiger partial charge in [-0.05, 0) is 38.1 Å². The molecule has 2 aromatic carbocycles. The highest BCUT2D eigenvalue weighted by molar-refractivity contribution is 6.33. The van der Waals surface area contributed by atoms with Crippen LogP contribution in [0.1, 0.15) is 25.5 Å². The molecule has 0 aliphatic heterocycles. The first-order valence-electron chi connectivity index (χ1n) is 7.25. The molecule has 128 valence electrons. The Balaban J connectivity index is 2.02. The van der Waals surface area contributed by atoms with Crippen LogP contribution in [0.2, 0.25) is 5.02 Å². The number of rotatable bonds is 5. The summed E-state index contributed by atoms with van der Waals surface area (Å²) in [4.78, 5) is 12.2. The first-order chi connectivity index (χ1) is 11.3. The molecule has 0 aliphatic carbocycles. The van der Waals surface area contributed by atoms with Crippen molar-refractivity contribution in [3.8, 4) is 0 Å². The second kappa shape index (κ2) is 7.68. The summed E-state index contributed by atoms with van der Waals surface area (Å²) in [5.41, 5.74) is 0.521. The van der Waals surface area contributed by atoms with Crippen LogP contribution in [-0.2, 0) is 4.79 Å². The molecule has 0 heterocycles. The van der Waals surface area contributed by atoms with Gasteiger partial charge in [0.2, 0.25) is 5.91 Å². The van der Waals surface area contributed by atoms with Gasteiger partial charge in [0.25, 0.3) is 0 Å². The summed E-state index contributed by atoms with van der Waals surface area (Å²) in [6, 6.07) is 5.67. The van der Waals surface area contributed by atoms with Gasteiger partial charge >= 0.3 is 0 Å². The Kier molecular flexibility index (Phi) is 5.85. The molecule has 24 heavy (non-hydrogen) atoms. The number of hydrogen-bond acceptors (Lipinski definition) is 2. The zero-order valence-electron chi connectivity index (χ0n) is 13.0. The van der Waals surface area contributed by atoms with E-state index >= 15 is 0 Å². The van der Waals surface area contributed by atoms with Gasteiger partial charge in [-0.3, -0.25) is 10.1 Å². The van der Waals surface area contributed by atoms with Gasteiger partial charge in [0.05, 0.1) is 16.8 Å². The zero-order chi connectivity index (χ0) is 17.9. The molecule has 2 N–H and O–H groups in total. The van der Waals surface area contributed by atoms with Gasteiger partial charge in [-0.1, -0.05) is 17.7 Å². The molecule has 0 aliphatic rings. The second-order valence-corrected chi connectivity index (χ2v) is 5.80. The maximum absolute atomic E-state index is 13.8. The third-order valence-electron chi connectivity index (χ3n) is 3.51. The van der Waals surface area contributed by atoms with Gasteiger partial charge < -0.3 is 5.32 Å². The largest absolute Gasteiger partial charge is 0.323 e. The molecule has 3 nitrogen and oxygen atoms in total. The molecule has 0 spiro atoms. The number of carbonyl (C=O) groups is 1. The first-order valence-corrected chi connectivity index (χ1v) is 7.62. The van der Waals surface area contributed by atoms with Crippen LogP contribution in [-0.4, -0.2) is 11.9 Å². The van der Waals surface area contributed by atoms with E-state index in [2.05, 4.69) is 10.6 Å². The predicted molar refractivity (Wildman–Crippen MR) is 87.4 cm³/mol. The number of nitrogens with one attached hydrogen (secondary N) is 2. The van der Waals surface area contributed by atoms with E-state index in [0.29, 0.717) is 0 Å². The van der Waals surface area contributed by atoms with Crippen LogP contribution in [0, 0.1) is 17.5 Å². The van der Waals surface area contributed by atoms with Crippen molar-refractivity contribution in [3.05, 3.63) is 64.4 Å². The fourth-order valence-electron chi connectivity index (χ4n) is 2.22. The van der Waals surface area contributed by atoms with Gasteiger partial charge in [0.1, 0.15) is 17.5 Å². The monoisotopic (exact) mass is 356 g/mol. The standard InChI is InChI=1S/C17H16ClF3N2O/c1-9(13-5-3-12(20)8-15(13)21)22-10(2)17(24)23-16-6-4-11(19)7-14(16)18/h3-10,22H,1-2H3,(H,23,24)/t9-,10+/m0/s1. The molecule has 0 aromatic heterocycles. The van der Waals surface area contributed by atoms with E-state index in [1.54, 1.807) is 13.8 Å². The Bertz CT molecular complexity index is 755. The zero-order valence-corrected chi connectivity index (χ0v) is 13.8. The summed E-state index contributed by atoms with van der Waals surface area (Å²) >= 11 is 5.86. The van der Waals surface area contributed by atoms with E-state index in [1.807, 2.05) is 0 Å². The summed E-state index contributed by atoms with van der Waals surface area (Å²) in [6.07, 6.45) is 0. The Morgan fingerprint density at radius 1 is 1.04 bits per heavy atom. The van der Waals surface area contributed by atoms with Crippen molar-refractivity contribution in [2.45, 2.75) is 25.9 Å². The Labute approximate surface area is 142 Å². The Morgan fingerprint density at radius 3 is 2.29 bits per heavy atom. The quantitative estimate of drug-likeness (QED) is 0.831. The lowest BCUT2D eigenvalue weighted by Crippen LogP contribution is -2.39. The van der Waals surface area contributed by atoms with E-state index in [4.69, 9.17) is 11.6 Å². The van der Waals surface area contributed by atoms with Crippen LogP contribution in [0.25, 0.3) is 0 Å². The average Bonchev–Trinajstić information content (AvgIpc) is 2.49. The molecule has 0 fully saturated rings. The highest BCUT2D eigenvalue weighted by Crippen LogP contribution is 2.23. The highest BCUT2D eigenvalue weighted by Gasteiger charge is 2.19. The molecule has 2 aromatic rings. The van der Waals surface area contributed by atoms with Gasteiger partial charge in [-0.2, -0.15) is 0 Å². The maximum Gasteiger partial charge on any atom is 0.241 e. The normalized spacial score (nSPS) is 13.4. The van der Waals surface area contributed by atoms with Crippen molar-refractivity contribution in [1.29, 1.82) is 0 Å². The number of amides is 1. The fraction of sp³-hybridized carbons (Fsp3) is 0.235. The summed E-state index contributed by atoms with van der Waals surface area (Å²) in [5.74, 6) is -2.29.